The molecule has 6 heteroatoms. The highest BCUT2D eigenvalue weighted by atomic mass is 79.9. The van der Waals surface area contributed by atoms with Crippen LogP contribution in [-0.4, -0.2) is 27.8 Å². The number of hydrogen-bond acceptors (Lipinski definition) is 5. The molecule has 3 rings (SSSR count). The number of aromatic nitrogens is 2. The molecular formula is C18H17BrN2O3. The smallest absolute Gasteiger partial charge is 0.138 e. The minimum Gasteiger partial charge on any atom is -0.488 e. The molecule has 0 amide bonds. The Morgan fingerprint density at radius 3 is 2.83 bits per heavy atom. The predicted octanol–water partition coefficient (Wildman–Crippen LogP) is 3.73. The topological polar surface area (TPSA) is 64.5 Å². The fourth-order valence-corrected chi connectivity index (χ4v) is 2.63. The summed E-state index contributed by atoms with van der Waals surface area (Å²) in [5.41, 5.74) is 1.63. The Morgan fingerprint density at radius 1 is 1.12 bits per heavy atom. The number of rotatable bonds is 6. The van der Waals surface area contributed by atoms with Gasteiger partial charge in [0, 0.05) is 16.1 Å². The van der Waals surface area contributed by atoms with Crippen molar-refractivity contribution < 1.29 is 14.6 Å². The van der Waals surface area contributed by atoms with Gasteiger partial charge in [0.25, 0.3) is 0 Å². The van der Waals surface area contributed by atoms with E-state index in [1.165, 1.54) is 0 Å². The van der Waals surface area contributed by atoms with E-state index in [4.69, 9.17) is 14.6 Å². The minimum absolute atomic E-state index is 0.0609. The first kappa shape index (κ1) is 16.7. The van der Waals surface area contributed by atoms with E-state index in [2.05, 4.69) is 25.9 Å². The van der Waals surface area contributed by atoms with Crippen LogP contribution in [0.5, 0.6) is 11.5 Å². The van der Waals surface area contributed by atoms with E-state index in [-0.39, 0.29) is 12.7 Å². The summed E-state index contributed by atoms with van der Waals surface area (Å²) in [4.78, 5) is 8.41. The van der Waals surface area contributed by atoms with Crippen molar-refractivity contribution in [2.75, 3.05) is 6.61 Å². The maximum Gasteiger partial charge on any atom is 0.138 e. The van der Waals surface area contributed by atoms with Gasteiger partial charge in [-0.05, 0) is 42.8 Å². The van der Waals surface area contributed by atoms with Crippen LogP contribution in [0.4, 0.5) is 0 Å². The Morgan fingerprint density at radius 2 is 2.00 bits per heavy atom. The second-order valence-corrected chi connectivity index (χ2v) is 6.35. The molecule has 3 aromatic rings. The lowest BCUT2D eigenvalue weighted by Crippen LogP contribution is -2.21. The molecule has 0 bridgehead atoms. The van der Waals surface area contributed by atoms with E-state index in [1.807, 2.05) is 31.2 Å². The zero-order valence-electron chi connectivity index (χ0n) is 13.1. The fraction of sp³-hybridized carbons (Fsp3) is 0.222. The molecule has 2 heterocycles. The molecule has 0 saturated heterocycles. The highest BCUT2D eigenvalue weighted by molar-refractivity contribution is 9.10. The van der Waals surface area contributed by atoms with E-state index in [9.17, 15) is 0 Å². The third-order valence-corrected chi connectivity index (χ3v) is 3.89. The summed E-state index contributed by atoms with van der Waals surface area (Å²) in [5.74, 6) is 1.30. The highest BCUT2D eigenvalue weighted by Crippen LogP contribution is 2.23. The number of halogens is 1. The van der Waals surface area contributed by atoms with Crippen LogP contribution in [0.1, 0.15) is 12.5 Å². The molecule has 2 aromatic heterocycles. The average Bonchev–Trinajstić information content (AvgIpc) is 2.60. The highest BCUT2D eigenvalue weighted by Gasteiger charge is 2.08. The summed E-state index contributed by atoms with van der Waals surface area (Å²) in [6, 6.07) is 9.63. The Hall–Kier alpha value is -2.18. The van der Waals surface area contributed by atoms with Crippen LogP contribution in [0.15, 0.2) is 53.4 Å². The van der Waals surface area contributed by atoms with Gasteiger partial charge in [-0.2, -0.15) is 0 Å². The van der Waals surface area contributed by atoms with E-state index >= 15 is 0 Å². The summed E-state index contributed by atoms with van der Waals surface area (Å²) < 4.78 is 12.5. The zero-order chi connectivity index (χ0) is 16.9. The van der Waals surface area contributed by atoms with Gasteiger partial charge in [-0.3, -0.25) is 9.97 Å². The Bertz CT molecular complexity index is 841. The van der Waals surface area contributed by atoms with Gasteiger partial charge in [0.05, 0.1) is 24.5 Å². The molecule has 0 aliphatic rings. The van der Waals surface area contributed by atoms with Gasteiger partial charge < -0.3 is 14.6 Å². The number of benzene rings is 1. The molecule has 1 aromatic carbocycles. The third kappa shape index (κ3) is 4.21. The molecule has 0 radical (unpaired) electrons. The van der Waals surface area contributed by atoms with Crippen LogP contribution in [0.2, 0.25) is 0 Å². The van der Waals surface area contributed by atoms with Gasteiger partial charge in [0.1, 0.15) is 24.2 Å². The van der Waals surface area contributed by atoms with E-state index in [0.29, 0.717) is 23.7 Å². The van der Waals surface area contributed by atoms with Crippen LogP contribution in [-0.2, 0) is 6.61 Å². The molecule has 0 aliphatic carbocycles. The predicted molar refractivity (Wildman–Crippen MR) is 95.2 cm³/mol. The quantitative estimate of drug-likeness (QED) is 0.696. The van der Waals surface area contributed by atoms with Crippen LogP contribution >= 0.6 is 15.9 Å². The Balaban J connectivity index is 1.62. The Labute approximate surface area is 148 Å². The average molecular weight is 389 g/mol. The lowest BCUT2D eigenvalue weighted by atomic mass is 10.2. The SMILES string of the molecule is C[C@H](COc1cncc(CO)c1)Oc1cnc2ccc(Br)cc2c1. The third-order valence-electron chi connectivity index (χ3n) is 3.39. The molecule has 0 unspecified atom stereocenters. The first-order chi connectivity index (χ1) is 11.6. The van der Waals surface area contributed by atoms with Crippen molar-refractivity contribution in [3.05, 3.63) is 59.0 Å². The molecule has 5 nitrogen and oxygen atoms in total. The van der Waals surface area contributed by atoms with Crippen molar-refractivity contribution in [3.63, 3.8) is 0 Å². The number of pyridine rings is 2. The van der Waals surface area contributed by atoms with E-state index in [0.717, 1.165) is 15.4 Å². The van der Waals surface area contributed by atoms with Crippen LogP contribution in [0.25, 0.3) is 10.9 Å². The number of hydrogen-bond donors (Lipinski definition) is 1. The van der Waals surface area contributed by atoms with Crippen molar-refractivity contribution in [1.82, 2.24) is 9.97 Å². The molecule has 0 aliphatic heterocycles. The Kier molecular flexibility index (Phi) is 5.27. The van der Waals surface area contributed by atoms with E-state index < -0.39 is 0 Å². The lowest BCUT2D eigenvalue weighted by molar-refractivity contribution is 0.142. The summed E-state index contributed by atoms with van der Waals surface area (Å²) in [5, 5.41) is 10.1. The van der Waals surface area contributed by atoms with Crippen molar-refractivity contribution in [2.45, 2.75) is 19.6 Å². The molecule has 0 saturated carbocycles. The van der Waals surface area contributed by atoms with Crippen molar-refractivity contribution in [2.24, 2.45) is 0 Å². The number of ether oxygens (including phenoxy) is 2. The van der Waals surface area contributed by atoms with E-state index in [1.54, 1.807) is 24.7 Å². The first-order valence-electron chi connectivity index (χ1n) is 7.53. The van der Waals surface area contributed by atoms with Gasteiger partial charge in [-0.15, -0.1) is 0 Å². The molecule has 0 spiro atoms. The second-order valence-electron chi connectivity index (χ2n) is 5.43. The number of aliphatic hydroxyl groups excluding tert-OH is 1. The van der Waals surface area contributed by atoms with Gasteiger partial charge in [-0.25, -0.2) is 0 Å². The van der Waals surface area contributed by atoms with Crippen molar-refractivity contribution in [3.8, 4) is 11.5 Å². The largest absolute Gasteiger partial charge is 0.488 e. The maximum absolute atomic E-state index is 9.11. The van der Waals surface area contributed by atoms with Gasteiger partial charge in [0.2, 0.25) is 0 Å². The summed E-state index contributed by atoms with van der Waals surface area (Å²) in [6.07, 6.45) is 4.77. The fourth-order valence-electron chi connectivity index (χ4n) is 2.26. The monoisotopic (exact) mass is 388 g/mol. The van der Waals surface area contributed by atoms with Crippen LogP contribution in [0, 0.1) is 0 Å². The molecular weight excluding hydrogens is 372 g/mol. The first-order valence-corrected chi connectivity index (χ1v) is 8.33. The number of fused-ring (bicyclic) bond motifs is 1. The number of aliphatic hydroxyl groups is 1. The number of nitrogens with zero attached hydrogens (tertiary/aromatic N) is 2. The minimum atomic E-state index is -0.158. The van der Waals surface area contributed by atoms with Gasteiger partial charge >= 0.3 is 0 Å². The van der Waals surface area contributed by atoms with Crippen molar-refractivity contribution in [1.29, 1.82) is 0 Å². The van der Waals surface area contributed by atoms with Gasteiger partial charge in [-0.1, -0.05) is 15.9 Å². The summed E-state index contributed by atoms with van der Waals surface area (Å²) in [7, 11) is 0. The van der Waals surface area contributed by atoms with Crippen molar-refractivity contribution >= 4 is 26.8 Å². The zero-order valence-corrected chi connectivity index (χ0v) is 14.7. The summed E-state index contributed by atoms with van der Waals surface area (Å²) in [6.45, 7) is 2.23. The summed E-state index contributed by atoms with van der Waals surface area (Å²) >= 11 is 3.46. The lowest BCUT2D eigenvalue weighted by Gasteiger charge is -2.16. The standard InChI is InChI=1S/C18H17BrN2O3/c1-12(11-23-16-4-13(10-22)7-20-8-16)24-17-6-14-5-15(19)2-3-18(14)21-9-17/h2-9,12,22H,10-11H2,1H3/t12-/m1/s1. The van der Waals surface area contributed by atoms with Crippen LogP contribution < -0.4 is 9.47 Å². The molecule has 24 heavy (non-hydrogen) atoms. The molecule has 1 N–H and O–H groups in total. The van der Waals surface area contributed by atoms with Crippen LogP contribution in [0.3, 0.4) is 0 Å². The van der Waals surface area contributed by atoms with Gasteiger partial charge in [0.15, 0.2) is 0 Å². The molecule has 1 atom stereocenters. The maximum atomic E-state index is 9.11. The molecule has 124 valence electrons. The second kappa shape index (κ2) is 7.59. The normalized spacial score (nSPS) is 12.1. The molecule has 0 fully saturated rings.